The molecule has 34 heavy (non-hydrogen) atoms. The van der Waals surface area contributed by atoms with Crippen molar-refractivity contribution in [2.75, 3.05) is 25.4 Å². The SMILES string of the molecule is CCC1CN(C(=O)CSc2nnc3n(-c4cc(C)ccc4C)c(=O)c4ccccc4n23)CCO1. The maximum atomic E-state index is 13.5. The average Bonchev–Trinajstić information content (AvgIpc) is 3.28. The second-order valence-electron chi connectivity index (χ2n) is 8.60. The Labute approximate surface area is 201 Å². The molecule has 1 saturated heterocycles. The highest BCUT2D eigenvalue weighted by Crippen LogP contribution is 2.25. The predicted molar refractivity (Wildman–Crippen MR) is 133 cm³/mol. The highest BCUT2D eigenvalue weighted by atomic mass is 32.2. The number of ether oxygens (including phenoxy) is 1. The van der Waals surface area contributed by atoms with Gasteiger partial charge >= 0.3 is 0 Å². The van der Waals surface area contributed by atoms with E-state index in [2.05, 4.69) is 17.1 Å². The van der Waals surface area contributed by atoms with E-state index in [1.54, 1.807) is 4.57 Å². The van der Waals surface area contributed by atoms with Crippen molar-refractivity contribution in [2.24, 2.45) is 0 Å². The molecule has 1 amide bonds. The lowest BCUT2D eigenvalue weighted by Crippen LogP contribution is -2.46. The number of thioether (sulfide) groups is 1. The maximum Gasteiger partial charge on any atom is 0.267 e. The molecule has 1 atom stereocenters. The Balaban J connectivity index is 1.57. The number of nitrogens with zero attached hydrogens (tertiary/aromatic N) is 5. The largest absolute Gasteiger partial charge is 0.375 e. The Morgan fingerprint density at radius 3 is 2.82 bits per heavy atom. The van der Waals surface area contributed by atoms with Crippen LogP contribution in [0.2, 0.25) is 0 Å². The molecule has 2 aromatic heterocycles. The van der Waals surface area contributed by atoms with E-state index in [1.165, 1.54) is 11.8 Å². The Morgan fingerprint density at radius 1 is 1.18 bits per heavy atom. The van der Waals surface area contributed by atoms with Crippen LogP contribution in [0.25, 0.3) is 22.4 Å². The molecule has 0 N–H and O–H groups in total. The highest BCUT2D eigenvalue weighted by Gasteiger charge is 2.24. The number of carbonyl (C=O) groups is 1. The molecule has 1 aliphatic rings. The van der Waals surface area contributed by atoms with E-state index in [1.807, 2.05) is 65.6 Å². The number of para-hydroxylation sites is 1. The summed E-state index contributed by atoms with van der Waals surface area (Å²) < 4.78 is 9.19. The minimum atomic E-state index is -0.143. The number of carbonyl (C=O) groups excluding carboxylic acids is 1. The summed E-state index contributed by atoms with van der Waals surface area (Å²) in [6.45, 7) is 7.82. The van der Waals surface area contributed by atoms with Gasteiger partial charge in [0, 0.05) is 13.1 Å². The Morgan fingerprint density at radius 2 is 2.00 bits per heavy atom. The van der Waals surface area contributed by atoms with Gasteiger partial charge in [0.2, 0.25) is 11.7 Å². The fourth-order valence-electron chi connectivity index (χ4n) is 4.36. The third kappa shape index (κ3) is 3.99. The molecule has 2 aromatic carbocycles. The van der Waals surface area contributed by atoms with E-state index in [-0.39, 0.29) is 23.3 Å². The van der Waals surface area contributed by atoms with Gasteiger partial charge in [-0.2, -0.15) is 0 Å². The lowest BCUT2D eigenvalue weighted by Gasteiger charge is -2.32. The van der Waals surface area contributed by atoms with E-state index < -0.39 is 0 Å². The first-order valence-corrected chi connectivity index (χ1v) is 12.4. The third-order valence-corrected chi connectivity index (χ3v) is 7.19. The molecular weight excluding hydrogens is 450 g/mol. The van der Waals surface area contributed by atoms with Crippen LogP contribution in [0.3, 0.4) is 0 Å². The van der Waals surface area contributed by atoms with Crippen LogP contribution in [-0.2, 0) is 9.53 Å². The second-order valence-corrected chi connectivity index (χ2v) is 9.54. The van der Waals surface area contributed by atoms with Crippen molar-refractivity contribution in [3.63, 3.8) is 0 Å². The van der Waals surface area contributed by atoms with Crippen LogP contribution in [-0.4, -0.2) is 61.5 Å². The summed E-state index contributed by atoms with van der Waals surface area (Å²) in [5, 5.41) is 9.95. The molecule has 3 heterocycles. The van der Waals surface area contributed by atoms with Gasteiger partial charge in [-0.15, -0.1) is 10.2 Å². The van der Waals surface area contributed by atoms with Gasteiger partial charge in [-0.1, -0.05) is 43.0 Å². The number of aryl methyl sites for hydroxylation is 2. The fraction of sp³-hybridized carbons (Fsp3) is 0.360. The average molecular weight is 478 g/mol. The zero-order chi connectivity index (χ0) is 23.8. The first-order valence-electron chi connectivity index (χ1n) is 11.5. The zero-order valence-corrected chi connectivity index (χ0v) is 20.3. The number of hydrogen-bond donors (Lipinski definition) is 0. The molecule has 1 fully saturated rings. The molecule has 0 radical (unpaired) electrons. The van der Waals surface area contributed by atoms with Crippen molar-refractivity contribution in [2.45, 2.75) is 38.5 Å². The minimum Gasteiger partial charge on any atom is -0.375 e. The maximum absolute atomic E-state index is 13.5. The number of morpholine rings is 1. The van der Waals surface area contributed by atoms with Crippen LogP contribution in [0.15, 0.2) is 52.4 Å². The minimum absolute atomic E-state index is 0.0515. The normalized spacial score (nSPS) is 16.4. The van der Waals surface area contributed by atoms with E-state index in [4.69, 9.17) is 4.74 Å². The van der Waals surface area contributed by atoms with Gasteiger partial charge in [0.05, 0.1) is 35.1 Å². The third-order valence-electron chi connectivity index (χ3n) is 6.27. The summed E-state index contributed by atoms with van der Waals surface area (Å²) in [6, 6.07) is 13.5. The Bertz CT molecular complexity index is 1440. The van der Waals surface area contributed by atoms with Crippen molar-refractivity contribution < 1.29 is 9.53 Å². The number of hydrogen-bond acceptors (Lipinski definition) is 6. The van der Waals surface area contributed by atoms with Crippen molar-refractivity contribution in [3.05, 3.63) is 63.9 Å². The quantitative estimate of drug-likeness (QED) is 0.410. The standard InChI is InChI=1S/C25H27N5O3S/c1-4-18-14-28(11-12-33-18)22(31)15-34-25-27-26-24-29(21-13-16(2)9-10-17(21)3)23(32)19-7-5-6-8-20(19)30(24)25/h5-10,13,18H,4,11-12,14-15H2,1-3H3. The molecule has 0 spiro atoms. The number of fused-ring (bicyclic) bond motifs is 3. The summed E-state index contributed by atoms with van der Waals surface area (Å²) >= 11 is 1.34. The number of aromatic nitrogens is 4. The molecule has 9 heteroatoms. The van der Waals surface area contributed by atoms with Gasteiger partial charge in [0.1, 0.15) is 0 Å². The molecule has 1 aliphatic heterocycles. The van der Waals surface area contributed by atoms with Crippen molar-refractivity contribution >= 4 is 34.3 Å². The van der Waals surface area contributed by atoms with E-state index in [0.717, 1.165) is 28.8 Å². The molecule has 0 saturated carbocycles. The Kier molecular flexibility index (Phi) is 6.14. The lowest BCUT2D eigenvalue weighted by molar-refractivity contribution is -0.135. The topological polar surface area (TPSA) is 81.7 Å². The van der Waals surface area contributed by atoms with Crippen LogP contribution >= 0.6 is 11.8 Å². The summed E-state index contributed by atoms with van der Waals surface area (Å²) in [7, 11) is 0. The lowest BCUT2D eigenvalue weighted by atomic mass is 10.1. The van der Waals surface area contributed by atoms with E-state index >= 15 is 0 Å². The van der Waals surface area contributed by atoms with E-state index in [0.29, 0.717) is 36.0 Å². The van der Waals surface area contributed by atoms with Gasteiger partial charge in [0.25, 0.3) is 5.56 Å². The van der Waals surface area contributed by atoms with Gasteiger partial charge in [-0.25, -0.2) is 4.57 Å². The van der Waals surface area contributed by atoms with Crippen LogP contribution in [0.1, 0.15) is 24.5 Å². The van der Waals surface area contributed by atoms with E-state index in [9.17, 15) is 9.59 Å². The summed E-state index contributed by atoms with van der Waals surface area (Å²) in [5.74, 6) is 0.731. The summed E-state index contributed by atoms with van der Waals surface area (Å²) in [4.78, 5) is 28.3. The number of rotatable bonds is 5. The van der Waals surface area contributed by atoms with Gasteiger partial charge in [-0.3, -0.25) is 14.0 Å². The first kappa shape index (κ1) is 22.6. The number of benzene rings is 2. The van der Waals surface area contributed by atoms with Crippen LogP contribution < -0.4 is 5.56 Å². The molecule has 1 unspecified atom stereocenters. The fourth-order valence-corrected chi connectivity index (χ4v) is 5.20. The molecule has 8 nitrogen and oxygen atoms in total. The number of amides is 1. The van der Waals surface area contributed by atoms with Crippen LogP contribution in [0.5, 0.6) is 0 Å². The smallest absolute Gasteiger partial charge is 0.267 e. The van der Waals surface area contributed by atoms with Crippen molar-refractivity contribution in [3.8, 4) is 5.69 Å². The van der Waals surface area contributed by atoms with Crippen LogP contribution in [0, 0.1) is 13.8 Å². The molecule has 0 aliphatic carbocycles. The predicted octanol–water partition coefficient (Wildman–Crippen LogP) is 3.38. The van der Waals surface area contributed by atoms with Gasteiger partial charge < -0.3 is 9.64 Å². The van der Waals surface area contributed by atoms with Crippen LogP contribution in [0.4, 0.5) is 0 Å². The second kappa shape index (κ2) is 9.23. The van der Waals surface area contributed by atoms with Crippen molar-refractivity contribution in [1.29, 1.82) is 0 Å². The summed E-state index contributed by atoms with van der Waals surface area (Å²) in [5.41, 5.74) is 3.38. The monoisotopic (exact) mass is 477 g/mol. The van der Waals surface area contributed by atoms with Gasteiger partial charge in [0.15, 0.2) is 5.16 Å². The Hall–Kier alpha value is -3.17. The summed E-state index contributed by atoms with van der Waals surface area (Å²) in [6.07, 6.45) is 0.973. The van der Waals surface area contributed by atoms with Crippen molar-refractivity contribution in [1.82, 2.24) is 24.1 Å². The molecule has 5 rings (SSSR count). The highest BCUT2D eigenvalue weighted by molar-refractivity contribution is 7.99. The molecular formula is C25H27N5O3S. The zero-order valence-electron chi connectivity index (χ0n) is 19.5. The van der Waals surface area contributed by atoms with Gasteiger partial charge in [-0.05, 0) is 49.6 Å². The molecule has 176 valence electrons. The molecule has 4 aromatic rings. The first-order chi connectivity index (χ1) is 16.5. The molecule has 0 bridgehead atoms.